The summed E-state index contributed by atoms with van der Waals surface area (Å²) in [7, 11) is -3.86. The average Bonchev–Trinajstić information content (AvgIpc) is 2.79. The monoisotopic (exact) mass is 454 g/mol. The fourth-order valence-corrected chi connectivity index (χ4v) is 5.41. The number of hydrogen-bond donors (Lipinski definition) is 1. The van der Waals surface area contributed by atoms with Crippen molar-refractivity contribution in [2.75, 3.05) is 23.1 Å². The van der Waals surface area contributed by atoms with Crippen LogP contribution in [-0.4, -0.2) is 33.2 Å². The number of benzene rings is 3. The summed E-state index contributed by atoms with van der Waals surface area (Å²) in [6.07, 6.45) is 0. The lowest BCUT2D eigenvalue weighted by Gasteiger charge is -2.24. The molecule has 0 radical (unpaired) electrons. The molecule has 5 nitrogen and oxygen atoms in total. The fourth-order valence-electron chi connectivity index (χ4n) is 3.03. The lowest BCUT2D eigenvalue weighted by atomic mass is 10.1. The van der Waals surface area contributed by atoms with Crippen LogP contribution in [0.1, 0.15) is 11.1 Å². The topological polar surface area (TPSA) is 66.5 Å². The van der Waals surface area contributed by atoms with Gasteiger partial charge in [0, 0.05) is 18.1 Å². The van der Waals surface area contributed by atoms with E-state index in [2.05, 4.69) is 24.4 Å². The number of carbonyl (C=O) groups is 1. The molecule has 0 atom stereocenters. The smallest absolute Gasteiger partial charge is 0.264 e. The summed E-state index contributed by atoms with van der Waals surface area (Å²) in [6, 6.07) is 25.1. The number of rotatable bonds is 10. The highest BCUT2D eigenvalue weighted by atomic mass is 32.2. The van der Waals surface area contributed by atoms with E-state index in [0.717, 1.165) is 15.8 Å². The zero-order valence-corrected chi connectivity index (χ0v) is 19.0. The second kappa shape index (κ2) is 11.0. The number of anilines is 1. The molecule has 162 valence electrons. The van der Waals surface area contributed by atoms with Crippen molar-refractivity contribution in [2.24, 2.45) is 0 Å². The number of aryl methyl sites for hydroxylation is 1. The van der Waals surface area contributed by atoms with Crippen LogP contribution < -0.4 is 9.62 Å². The van der Waals surface area contributed by atoms with Crippen LogP contribution in [0.15, 0.2) is 89.8 Å². The highest BCUT2D eigenvalue weighted by Crippen LogP contribution is 2.23. The van der Waals surface area contributed by atoms with Crippen molar-refractivity contribution in [1.29, 1.82) is 0 Å². The molecule has 1 N–H and O–H groups in total. The van der Waals surface area contributed by atoms with Gasteiger partial charge in [-0.25, -0.2) is 8.42 Å². The van der Waals surface area contributed by atoms with Crippen LogP contribution in [0.5, 0.6) is 0 Å². The molecule has 0 aromatic heterocycles. The first-order valence-corrected chi connectivity index (χ1v) is 12.6. The van der Waals surface area contributed by atoms with Crippen molar-refractivity contribution >= 4 is 33.4 Å². The molecule has 0 heterocycles. The van der Waals surface area contributed by atoms with Crippen LogP contribution in [0.4, 0.5) is 5.69 Å². The van der Waals surface area contributed by atoms with Crippen LogP contribution >= 0.6 is 11.8 Å². The summed E-state index contributed by atoms with van der Waals surface area (Å²) in [6.45, 7) is 2.29. The number of nitrogens with one attached hydrogen (secondary N) is 1. The predicted molar refractivity (Wildman–Crippen MR) is 128 cm³/mol. The number of hydrogen-bond acceptors (Lipinski definition) is 4. The van der Waals surface area contributed by atoms with Crippen LogP contribution in [0.3, 0.4) is 0 Å². The van der Waals surface area contributed by atoms with E-state index in [4.69, 9.17) is 0 Å². The van der Waals surface area contributed by atoms with Gasteiger partial charge in [-0.2, -0.15) is 11.8 Å². The molecule has 0 unspecified atom stereocenters. The standard InChI is InChI=1S/C24H26N2O3S2/c1-20-10-8-9-11-21(20)19-30-17-16-25-24(27)18-26(22-12-4-2-5-13-22)31(28,29)23-14-6-3-7-15-23/h2-15H,16-19H2,1H3,(H,25,27). The number of thioether (sulfide) groups is 1. The summed E-state index contributed by atoms with van der Waals surface area (Å²) in [5, 5.41) is 2.84. The summed E-state index contributed by atoms with van der Waals surface area (Å²) in [5.41, 5.74) is 2.99. The maximum atomic E-state index is 13.2. The van der Waals surface area contributed by atoms with Gasteiger partial charge in [-0.3, -0.25) is 9.10 Å². The normalized spacial score (nSPS) is 11.1. The van der Waals surface area contributed by atoms with Crippen molar-refractivity contribution in [2.45, 2.75) is 17.6 Å². The Labute approximate surface area is 188 Å². The number of nitrogens with zero attached hydrogens (tertiary/aromatic N) is 1. The summed E-state index contributed by atoms with van der Waals surface area (Å²) >= 11 is 1.73. The Morgan fingerprint density at radius 1 is 0.903 bits per heavy atom. The van der Waals surface area contributed by atoms with E-state index in [9.17, 15) is 13.2 Å². The Balaban J connectivity index is 1.60. The Kier molecular flexibility index (Phi) is 8.14. The molecule has 0 aliphatic rings. The highest BCUT2D eigenvalue weighted by Gasteiger charge is 2.26. The van der Waals surface area contributed by atoms with Crippen molar-refractivity contribution in [3.63, 3.8) is 0 Å². The molecule has 0 aliphatic carbocycles. The lowest BCUT2D eigenvalue weighted by molar-refractivity contribution is -0.119. The van der Waals surface area contributed by atoms with Gasteiger partial charge in [0.15, 0.2) is 0 Å². The van der Waals surface area contributed by atoms with Crippen LogP contribution in [0.2, 0.25) is 0 Å². The van der Waals surface area contributed by atoms with Crippen molar-refractivity contribution < 1.29 is 13.2 Å². The average molecular weight is 455 g/mol. The van der Waals surface area contributed by atoms with Gasteiger partial charge >= 0.3 is 0 Å². The van der Waals surface area contributed by atoms with Crippen molar-refractivity contribution in [1.82, 2.24) is 5.32 Å². The lowest BCUT2D eigenvalue weighted by Crippen LogP contribution is -2.41. The molecule has 3 aromatic carbocycles. The Bertz CT molecular complexity index is 1090. The molecule has 0 bridgehead atoms. The number of sulfonamides is 1. The van der Waals surface area contributed by atoms with Gasteiger partial charge in [0.25, 0.3) is 10.0 Å². The highest BCUT2D eigenvalue weighted by molar-refractivity contribution is 7.98. The SMILES string of the molecule is Cc1ccccc1CSCCNC(=O)CN(c1ccccc1)S(=O)(=O)c1ccccc1. The third-order valence-corrected chi connectivity index (χ3v) is 7.55. The van der Waals surface area contributed by atoms with Crippen LogP contribution in [0.25, 0.3) is 0 Å². The molecule has 0 spiro atoms. The largest absolute Gasteiger partial charge is 0.354 e. The first-order valence-electron chi connectivity index (χ1n) is 10.0. The van der Waals surface area contributed by atoms with Gasteiger partial charge in [0.05, 0.1) is 10.6 Å². The van der Waals surface area contributed by atoms with Gasteiger partial charge in [-0.1, -0.05) is 60.7 Å². The number of amides is 1. The van der Waals surface area contributed by atoms with Crippen LogP contribution in [-0.2, 0) is 20.6 Å². The van der Waals surface area contributed by atoms with E-state index in [0.29, 0.717) is 12.2 Å². The quantitative estimate of drug-likeness (QED) is 0.466. The van der Waals surface area contributed by atoms with E-state index in [-0.39, 0.29) is 17.3 Å². The Morgan fingerprint density at radius 2 is 1.52 bits per heavy atom. The van der Waals surface area contributed by atoms with E-state index in [1.807, 2.05) is 18.2 Å². The van der Waals surface area contributed by atoms with E-state index < -0.39 is 10.0 Å². The molecular formula is C24H26N2O3S2. The minimum atomic E-state index is -3.86. The predicted octanol–water partition coefficient (Wildman–Crippen LogP) is 4.24. The van der Waals surface area contributed by atoms with Gasteiger partial charge in [-0.15, -0.1) is 0 Å². The zero-order valence-electron chi connectivity index (χ0n) is 17.4. The second-order valence-corrected chi connectivity index (χ2v) is 9.96. The minimum absolute atomic E-state index is 0.153. The molecule has 1 amide bonds. The van der Waals surface area contributed by atoms with Crippen LogP contribution in [0, 0.1) is 6.92 Å². The maximum absolute atomic E-state index is 13.2. The van der Waals surface area contributed by atoms with E-state index in [1.54, 1.807) is 54.2 Å². The van der Waals surface area contributed by atoms with Gasteiger partial charge in [0.2, 0.25) is 5.91 Å². The summed E-state index contributed by atoms with van der Waals surface area (Å²) in [5.74, 6) is 1.29. The zero-order chi connectivity index (χ0) is 22.1. The molecule has 0 aliphatic heterocycles. The molecule has 0 fully saturated rings. The van der Waals surface area contributed by atoms with Crippen molar-refractivity contribution in [3.8, 4) is 0 Å². The molecule has 0 saturated heterocycles. The second-order valence-electron chi connectivity index (χ2n) is 6.99. The fraction of sp³-hybridized carbons (Fsp3) is 0.208. The molecule has 3 aromatic rings. The maximum Gasteiger partial charge on any atom is 0.264 e. The van der Waals surface area contributed by atoms with Gasteiger partial charge in [-0.05, 0) is 42.3 Å². The molecule has 0 saturated carbocycles. The molecule has 3 rings (SSSR count). The van der Waals surface area contributed by atoms with Gasteiger partial charge < -0.3 is 5.32 Å². The van der Waals surface area contributed by atoms with Gasteiger partial charge in [0.1, 0.15) is 6.54 Å². The van der Waals surface area contributed by atoms with Crippen molar-refractivity contribution in [3.05, 3.63) is 96.1 Å². The third-order valence-electron chi connectivity index (χ3n) is 4.75. The first kappa shape index (κ1) is 22.9. The first-order chi connectivity index (χ1) is 15.0. The molecular weight excluding hydrogens is 428 g/mol. The minimum Gasteiger partial charge on any atom is -0.354 e. The molecule has 7 heteroatoms. The third kappa shape index (κ3) is 6.35. The Hall–Kier alpha value is -2.77. The van der Waals surface area contributed by atoms with E-state index >= 15 is 0 Å². The molecule has 31 heavy (non-hydrogen) atoms. The number of para-hydroxylation sites is 1. The number of carbonyl (C=O) groups excluding carboxylic acids is 1. The van der Waals surface area contributed by atoms with E-state index in [1.165, 1.54) is 23.3 Å². The summed E-state index contributed by atoms with van der Waals surface area (Å²) in [4.78, 5) is 12.7. The Morgan fingerprint density at radius 3 is 2.19 bits per heavy atom. The summed E-state index contributed by atoms with van der Waals surface area (Å²) < 4.78 is 27.5.